The van der Waals surface area contributed by atoms with E-state index in [2.05, 4.69) is 17.2 Å². The Balaban J connectivity index is 1.37. The van der Waals surface area contributed by atoms with Crippen LogP contribution in [0.2, 0.25) is 0 Å². The number of rotatable bonds is 5. The van der Waals surface area contributed by atoms with Gasteiger partial charge in [0.2, 0.25) is 5.88 Å². The molecule has 11 nitrogen and oxygen atoms in total. The average Bonchev–Trinajstić information content (AvgIpc) is 3.57. The highest BCUT2D eigenvalue weighted by molar-refractivity contribution is 6.39. The number of likely N-dealkylation sites (tertiary alicyclic amines) is 1. The standard InChI is InChI=1S/C26H30N6O5/c1-15-3-6-22(16-4-5-17-13-32(30-21(17)9-16)19-7-8-37-14-19)31(12-15)26(35)24(34)29-18-10-20(23(27)33)25(36-2)28-11-18/h4-5,9-11,13,15,19,22H,3,6-8,12,14H2,1-2H3,(H2,27,33)(H,29,34). The Morgan fingerprint density at radius 2 is 2.03 bits per heavy atom. The molecule has 3 aromatic rings. The average molecular weight is 507 g/mol. The quantitative estimate of drug-likeness (QED) is 0.506. The zero-order chi connectivity index (χ0) is 26.1. The third-order valence-electron chi connectivity index (χ3n) is 7.05. The highest BCUT2D eigenvalue weighted by Crippen LogP contribution is 2.35. The number of aromatic nitrogens is 3. The van der Waals surface area contributed by atoms with Gasteiger partial charge in [-0.05, 0) is 42.9 Å². The van der Waals surface area contributed by atoms with Crippen molar-refractivity contribution in [1.82, 2.24) is 19.7 Å². The largest absolute Gasteiger partial charge is 0.480 e. The number of hydrogen-bond acceptors (Lipinski definition) is 7. The van der Waals surface area contributed by atoms with Gasteiger partial charge in [-0.1, -0.05) is 19.1 Å². The summed E-state index contributed by atoms with van der Waals surface area (Å²) in [4.78, 5) is 43.7. The fourth-order valence-electron chi connectivity index (χ4n) is 5.08. The first-order valence-corrected chi connectivity index (χ1v) is 12.4. The summed E-state index contributed by atoms with van der Waals surface area (Å²) in [5, 5.41) is 8.34. The van der Waals surface area contributed by atoms with Crippen molar-refractivity contribution in [3.63, 3.8) is 0 Å². The molecule has 194 valence electrons. The molecule has 0 radical (unpaired) electrons. The van der Waals surface area contributed by atoms with Gasteiger partial charge in [-0.15, -0.1) is 0 Å². The van der Waals surface area contributed by atoms with Crippen molar-refractivity contribution in [2.45, 2.75) is 38.3 Å². The third-order valence-corrected chi connectivity index (χ3v) is 7.05. The lowest BCUT2D eigenvalue weighted by Gasteiger charge is -2.38. The number of anilines is 1. The molecule has 2 saturated heterocycles. The second kappa shape index (κ2) is 10.2. The van der Waals surface area contributed by atoms with Crippen LogP contribution in [0, 0.1) is 5.92 Å². The molecule has 2 aromatic heterocycles. The molecule has 0 aliphatic carbocycles. The summed E-state index contributed by atoms with van der Waals surface area (Å²) < 4.78 is 12.5. The zero-order valence-electron chi connectivity index (χ0n) is 20.8. The van der Waals surface area contributed by atoms with Gasteiger partial charge in [-0.3, -0.25) is 19.1 Å². The zero-order valence-corrected chi connectivity index (χ0v) is 20.8. The number of nitrogens with one attached hydrogen (secondary N) is 1. The number of benzene rings is 1. The summed E-state index contributed by atoms with van der Waals surface area (Å²) >= 11 is 0. The van der Waals surface area contributed by atoms with Crippen LogP contribution in [0.4, 0.5) is 5.69 Å². The number of carbonyl (C=O) groups is 3. The molecule has 3 N–H and O–H groups in total. The highest BCUT2D eigenvalue weighted by atomic mass is 16.5. The van der Waals surface area contributed by atoms with E-state index < -0.39 is 17.7 Å². The molecule has 0 spiro atoms. The molecule has 0 saturated carbocycles. The molecule has 4 heterocycles. The van der Waals surface area contributed by atoms with Crippen molar-refractivity contribution < 1.29 is 23.9 Å². The maximum Gasteiger partial charge on any atom is 0.313 e. The Bertz CT molecular complexity index is 1350. The van der Waals surface area contributed by atoms with Gasteiger partial charge in [0, 0.05) is 24.7 Å². The van der Waals surface area contributed by atoms with E-state index in [9.17, 15) is 14.4 Å². The van der Waals surface area contributed by atoms with Crippen LogP contribution in [0.25, 0.3) is 10.9 Å². The first-order valence-electron chi connectivity index (χ1n) is 12.4. The Labute approximate surface area is 213 Å². The molecule has 3 amide bonds. The van der Waals surface area contributed by atoms with Crippen LogP contribution in [0.1, 0.15) is 54.2 Å². The van der Waals surface area contributed by atoms with Crippen molar-refractivity contribution >= 4 is 34.3 Å². The SMILES string of the molecule is COc1ncc(NC(=O)C(=O)N2CC(C)CCC2c2ccc3cn(C4CCOC4)nc3c2)cc1C(N)=O. The first kappa shape index (κ1) is 24.7. The molecule has 1 aromatic carbocycles. The number of ether oxygens (including phenoxy) is 2. The van der Waals surface area contributed by atoms with Gasteiger partial charge in [0.1, 0.15) is 5.56 Å². The van der Waals surface area contributed by atoms with Crippen LogP contribution in [0.5, 0.6) is 5.88 Å². The maximum atomic E-state index is 13.4. The van der Waals surface area contributed by atoms with Gasteiger partial charge >= 0.3 is 11.8 Å². The summed E-state index contributed by atoms with van der Waals surface area (Å²) in [6.07, 6.45) is 5.95. The van der Waals surface area contributed by atoms with Crippen molar-refractivity contribution in [2.75, 3.05) is 32.2 Å². The number of nitrogens with zero attached hydrogens (tertiary/aromatic N) is 4. The predicted octanol–water partition coefficient (Wildman–Crippen LogP) is 2.44. The van der Waals surface area contributed by atoms with E-state index in [4.69, 9.17) is 20.3 Å². The van der Waals surface area contributed by atoms with Gasteiger partial charge in [0.05, 0.1) is 43.2 Å². The normalized spacial score (nSPS) is 21.7. The Morgan fingerprint density at radius 3 is 2.76 bits per heavy atom. The molecular weight excluding hydrogens is 476 g/mol. The lowest BCUT2D eigenvalue weighted by Crippen LogP contribution is -2.46. The van der Waals surface area contributed by atoms with E-state index in [0.29, 0.717) is 13.2 Å². The van der Waals surface area contributed by atoms with Crippen molar-refractivity contribution in [3.05, 3.63) is 47.8 Å². The number of primary amides is 1. The molecular formula is C26H30N6O5. The van der Waals surface area contributed by atoms with E-state index in [-0.39, 0.29) is 35.1 Å². The number of fused-ring (bicyclic) bond motifs is 1. The summed E-state index contributed by atoms with van der Waals surface area (Å²) in [6.45, 7) is 3.91. The molecule has 3 atom stereocenters. The van der Waals surface area contributed by atoms with Crippen LogP contribution >= 0.6 is 0 Å². The fraction of sp³-hybridized carbons (Fsp3) is 0.423. The Morgan fingerprint density at radius 1 is 1.19 bits per heavy atom. The monoisotopic (exact) mass is 506 g/mol. The van der Waals surface area contributed by atoms with E-state index >= 15 is 0 Å². The number of carbonyl (C=O) groups excluding carboxylic acids is 3. The smallest absolute Gasteiger partial charge is 0.313 e. The van der Waals surface area contributed by atoms with Crippen LogP contribution in [-0.4, -0.2) is 64.3 Å². The van der Waals surface area contributed by atoms with E-state index in [0.717, 1.165) is 42.3 Å². The van der Waals surface area contributed by atoms with Gasteiger partial charge in [0.15, 0.2) is 0 Å². The van der Waals surface area contributed by atoms with Gasteiger partial charge in [-0.25, -0.2) is 4.98 Å². The number of piperidine rings is 1. The molecule has 2 aliphatic rings. The lowest BCUT2D eigenvalue weighted by molar-refractivity contribution is -0.146. The molecule has 0 bridgehead atoms. The number of hydrogen-bond donors (Lipinski definition) is 2. The third kappa shape index (κ3) is 4.99. The van der Waals surface area contributed by atoms with Crippen molar-refractivity contribution in [2.24, 2.45) is 11.7 Å². The minimum Gasteiger partial charge on any atom is -0.480 e. The first-order chi connectivity index (χ1) is 17.8. The summed E-state index contributed by atoms with van der Waals surface area (Å²) in [6, 6.07) is 7.34. The van der Waals surface area contributed by atoms with Crippen molar-refractivity contribution in [1.29, 1.82) is 0 Å². The van der Waals surface area contributed by atoms with Crippen molar-refractivity contribution in [3.8, 4) is 5.88 Å². The fourth-order valence-corrected chi connectivity index (χ4v) is 5.08. The summed E-state index contributed by atoms with van der Waals surface area (Å²) in [5.74, 6) is -1.92. The maximum absolute atomic E-state index is 13.4. The minimum absolute atomic E-state index is 0.00845. The second-order valence-corrected chi connectivity index (χ2v) is 9.70. The summed E-state index contributed by atoms with van der Waals surface area (Å²) in [5.41, 5.74) is 7.36. The lowest BCUT2D eigenvalue weighted by atomic mass is 9.89. The van der Waals surface area contributed by atoms with Crippen LogP contribution in [0.3, 0.4) is 0 Å². The Kier molecular flexibility index (Phi) is 6.79. The highest BCUT2D eigenvalue weighted by Gasteiger charge is 2.34. The summed E-state index contributed by atoms with van der Waals surface area (Å²) in [7, 11) is 1.36. The van der Waals surface area contributed by atoms with Crippen LogP contribution < -0.4 is 15.8 Å². The van der Waals surface area contributed by atoms with Gasteiger partial charge < -0.3 is 25.4 Å². The molecule has 37 heavy (non-hydrogen) atoms. The number of nitrogens with two attached hydrogens (primary N) is 1. The minimum atomic E-state index is -0.812. The number of pyridine rings is 1. The van der Waals surface area contributed by atoms with E-state index in [1.54, 1.807) is 4.90 Å². The van der Waals surface area contributed by atoms with Crippen LogP contribution in [-0.2, 0) is 14.3 Å². The molecule has 2 fully saturated rings. The topological polar surface area (TPSA) is 142 Å². The predicted molar refractivity (Wildman–Crippen MR) is 135 cm³/mol. The molecule has 2 aliphatic heterocycles. The molecule has 11 heteroatoms. The van der Waals surface area contributed by atoms with E-state index in [1.165, 1.54) is 19.4 Å². The number of methoxy groups -OCH3 is 1. The van der Waals surface area contributed by atoms with E-state index in [1.807, 2.05) is 29.1 Å². The number of amides is 3. The second-order valence-electron chi connectivity index (χ2n) is 9.70. The molecule has 3 unspecified atom stereocenters. The molecule has 5 rings (SSSR count). The Hall–Kier alpha value is -3.99. The van der Waals surface area contributed by atoms with Crippen LogP contribution in [0.15, 0.2) is 36.7 Å². The van der Waals surface area contributed by atoms with Gasteiger partial charge in [0.25, 0.3) is 5.91 Å². The van der Waals surface area contributed by atoms with Gasteiger partial charge in [-0.2, -0.15) is 5.10 Å².